The number of hydrogen-bond acceptors (Lipinski definition) is 10. The molecule has 0 bridgehead atoms. The third-order valence-corrected chi connectivity index (χ3v) is 8.68. The van der Waals surface area contributed by atoms with Crippen molar-refractivity contribution in [3.63, 3.8) is 0 Å². The van der Waals surface area contributed by atoms with Crippen molar-refractivity contribution < 1.29 is 13.2 Å². The molecule has 4 rings (SSSR count). The summed E-state index contributed by atoms with van der Waals surface area (Å²) < 4.78 is 31.4. The number of nitrogens with one attached hydrogen (secondary N) is 4. The number of likely N-dealkylation sites (N-methyl/N-ethyl adjacent to an activating group) is 1. The Balaban J connectivity index is 1.61. The van der Waals surface area contributed by atoms with Gasteiger partial charge in [0.25, 0.3) is 0 Å². The average molecular weight is 548 g/mol. The molecule has 1 aliphatic carbocycles. The molecule has 2 aliphatic rings. The van der Waals surface area contributed by atoms with E-state index in [4.69, 9.17) is 21.7 Å². The third kappa shape index (κ3) is 6.16. The van der Waals surface area contributed by atoms with Crippen LogP contribution < -0.4 is 20.7 Å². The largest absolute Gasteiger partial charge is 0.488 e. The van der Waals surface area contributed by atoms with Gasteiger partial charge in [-0.25, -0.2) is 13.4 Å². The standard InChI is InChI=1S/C25H34ClN7O3S/c1-14(2)37(34,35)23(27)21(11-28-4)30-24-19(26)10-29-25(32-24)31-20-8-15(3)18(16-12-33(5)13-16)9-22(20)36-17-6-7-17/h8-11,14,16-17,27-28H,6-7,12-13H2,1-5H3,(H2,29,30,31,32)/b21-11+,27-23?. The van der Waals surface area contributed by atoms with Crippen molar-refractivity contribution in [1.82, 2.24) is 20.2 Å². The molecule has 2 heterocycles. The minimum Gasteiger partial charge on any atom is -0.488 e. The van der Waals surface area contributed by atoms with Crippen LogP contribution in [0.1, 0.15) is 43.7 Å². The van der Waals surface area contributed by atoms with Crippen molar-refractivity contribution in [2.75, 3.05) is 37.8 Å². The van der Waals surface area contributed by atoms with E-state index in [0.29, 0.717) is 5.92 Å². The molecule has 0 radical (unpaired) electrons. The van der Waals surface area contributed by atoms with E-state index in [1.165, 1.54) is 31.8 Å². The van der Waals surface area contributed by atoms with Crippen molar-refractivity contribution in [2.45, 2.75) is 50.9 Å². The number of likely N-dealkylation sites (tertiary alicyclic amines) is 1. The molecule has 0 unspecified atom stereocenters. The van der Waals surface area contributed by atoms with Gasteiger partial charge >= 0.3 is 0 Å². The van der Waals surface area contributed by atoms with Crippen molar-refractivity contribution in [3.8, 4) is 5.75 Å². The Morgan fingerprint density at radius 1 is 1.30 bits per heavy atom. The Morgan fingerprint density at radius 2 is 2.00 bits per heavy atom. The summed E-state index contributed by atoms with van der Waals surface area (Å²) in [5.41, 5.74) is 3.20. The number of nitrogens with zero attached hydrogens (tertiary/aromatic N) is 3. The molecule has 1 saturated carbocycles. The summed E-state index contributed by atoms with van der Waals surface area (Å²) in [7, 11) is -0.101. The van der Waals surface area contributed by atoms with Gasteiger partial charge in [0.1, 0.15) is 10.8 Å². The van der Waals surface area contributed by atoms with E-state index in [1.807, 2.05) is 6.07 Å². The first-order valence-electron chi connectivity index (χ1n) is 12.3. The number of rotatable bonds is 10. The van der Waals surface area contributed by atoms with Crippen LogP contribution >= 0.6 is 11.6 Å². The molecular formula is C25H34ClN7O3S. The maximum Gasteiger partial charge on any atom is 0.229 e. The number of sulfone groups is 1. The third-order valence-electron chi connectivity index (χ3n) is 6.37. The fourth-order valence-corrected chi connectivity index (χ4v) is 5.08. The minimum absolute atomic E-state index is 0.0196. The number of aromatic nitrogens is 2. The highest BCUT2D eigenvalue weighted by molar-refractivity contribution is 8.07. The van der Waals surface area contributed by atoms with Gasteiger partial charge in [0.2, 0.25) is 5.95 Å². The highest BCUT2D eigenvalue weighted by atomic mass is 35.5. The van der Waals surface area contributed by atoms with Crippen LogP contribution in [-0.2, 0) is 9.84 Å². The molecule has 37 heavy (non-hydrogen) atoms. The van der Waals surface area contributed by atoms with Gasteiger partial charge in [0.15, 0.2) is 20.7 Å². The molecule has 12 heteroatoms. The van der Waals surface area contributed by atoms with E-state index in [0.717, 1.165) is 42.9 Å². The Kier molecular flexibility index (Phi) is 7.96. The number of aryl methyl sites for hydroxylation is 1. The molecule has 200 valence electrons. The molecule has 1 aliphatic heterocycles. The summed E-state index contributed by atoms with van der Waals surface area (Å²) in [5, 5.41) is 16.0. The first-order chi connectivity index (χ1) is 17.5. The van der Waals surface area contributed by atoms with Gasteiger partial charge in [-0.3, -0.25) is 5.41 Å². The predicted molar refractivity (Wildman–Crippen MR) is 148 cm³/mol. The quantitative estimate of drug-likeness (QED) is 0.257. The molecular weight excluding hydrogens is 514 g/mol. The molecule has 1 saturated heterocycles. The lowest BCUT2D eigenvalue weighted by molar-refractivity contribution is 0.189. The van der Waals surface area contributed by atoms with Gasteiger partial charge in [-0.2, -0.15) is 4.98 Å². The SMILES string of the molecule is CN/C=C(/Nc1nc(Nc2cc(C)c(C3CN(C)C3)cc2OC2CC2)ncc1Cl)C(=N)S(=O)(=O)C(C)C. The summed E-state index contributed by atoms with van der Waals surface area (Å²) in [6.45, 7) is 7.19. The van der Waals surface area contributed by atoms with Gasteiger partial charge in [-0.05, 0) is 63.9 Å². The van der Waals surface area contributed by atoms with Crippen LogP contribution in [0.3, 0.4) is 0 Å². The molecule has 10 nitrogen and oxygen atoms in total. The molecule has 1 aromatic carbocycles. The maximum atomic E-state index is 12.6. The second-order valence-electron chi connectivity index (χ2n) is 9.85. The van der Waals surface area contributed by atoms with Gasteiger partial charge < -0.3 is 25.6 Å². The zero-order valence-electron chi connectivity index (χ0n) is 21.7. The average Bonchev–Trinajstić information content (AvgIpc) is 3.64. The first-order valence-corrected chi connectivity index (χ1v) is 14.2. The zero-order valence-corrected chi connectivity index (χ0v) is 23.3. The summed E-state index contributed by atoms with van der Waals surface area (Å²) in [6, 6.07) is 4.17. The van der Waals surface area contributed by atoms with E-state index in [-0.39, 0.29) is 28.6 Å². The number of anilines is 3. The van der Waals surface area contributed by atoms with E-state index in [1.54, 1.807) is 7.05 Å². The summed E-state index contributed by atoms with van der Waals surface area (Å²) in [6.07, 6.45) is 5.09. The van der Waals surface area contributed by atoms with Crippen LogP contribution in [0.15, 0.2) is 30.2 Å². The lowest BCUT2D eigenvalue weighted by Gasteiger charge is -2.37. The maximum absolute atomic E-state index is 12.6. The van der Waals surface area contributed by atoms with Gasteiger partial charge in [-0.15, -0.1) is 0 Å². The fourth-order valence-electron chi connectivity index (χ4n) is 4.05. The first kappa shape index (κ1) is 27.2. The highest BCUT2D eigenvalue weighted by Crippen LogP contribution is 2.39. The summed E-state index contributed by atoms with van der Waals surface area (Å²) in [5.74, 6) is 1.66. The van der Waals surface area contributed by atoms with E-state index >= 15 is 0 Å². The normalized spacial score (nSPS) is 16.9. The van der Waals surface area contributed by atoms with Crippen molar-refractivity contribution >= 4 is 43.9 Å². The van der Waals surface area contributed by atoms with Gasteiger partial charge in [-0.1, -0.05) is 11.6 Å². The Labute approximate surface area is 223 Å². The summed E-state index contributed by atoms with van der Waals surface area (Å²) >= 11 is 6.34. The number of halogens is 1. The Hall–Kier alpha value is -2.89. The Bertz CT molecular complexity index is 1320. The molecule has 0 amide bonds. The van der Waals surface area contributed by atoms with Gasteiger partial charge in [0, 0.05) is 32.3 Å². The van der Waals surface area contributed by atoms with E-state index < -0.39 is 20.1 Å². The van der Waals surface area contributed by atoms with E-state index in [9.17, 15) is 8.42 Å². The number of hydrogen-bond donors (Lipinski definition) is 4. The topological polar surface area (TPSA) is 132 Å². The van der Waals surface area contributed by atoms with Crippen molar-refractivity contribution in [1.29, 1.82) is 5.41 Å². The fraction of sp³-hybridized carbons (Fsp3) is 0.480. The van der Waals surface area contributed by atoms with Gasteiger partial charge in [0.05, 0.1) is 28.9 Å². The molecule has 1 aromatic heterocycles. The number of benzene rings is 1. The lowest BCUT2D eigenvalue weighted by Crippen LogP contribution is -2.42. The smallest absolute Gasteiger partial charge is 0.229 e. The van der Waals surface area contributed by atoms with Crippen LogP contribution in [0.5, 0.6) is 5.75 Å². The summed E-state index contributed by atoms with van der Waals surface area (Å²) in [4.78, 5) is 11.1. The van der Waals surface area contributed by atoms with Crippen LogP contribution in [0, 0.1) is 12.3 Å². The number of ether oxygens (including phenoxy) is 1. The predicted octanol–water partition coefficient (Wildman–Crippen LogP) is 4.03. The second-order valence-corrected chi connectivity index (χ2v) is 12.7. The minimum atomic E-state index is -3.83. The van der Waals surface area contributed by atoms with Crippen molar-refractivity contribution in [2.24, 2.45) is 0 Å². The molecule has 4 N–H and O–H groups in total. The van der Waals surface area contributed by atoms with Crippen LogP contribution in [-0.4, -0.2) is 66.9 Å². The Morgan fingerprint density at radius 3 is 2.59 bits per heavy atom. The van der Waals surface area contributed by atoms with Crippen molar-refractivity contribution in [3.05, 3.63) is 46.4 Å². The zero-order chi connectivity index (χ0) is 26.9. The molecule has 0 spiro atoms. The molecule has 2 aromatic rings. The highest BCUT2D eigenvalue weighted by Gasteiger charge is 2.30. The monoisotopic (exact) mass is 547 g/mol. The van der Waals surface area contributed by atoms with Crippen LogP contribution in [0.2, 0.25) is 5.02 Å². The van der Waals surface area contributed by atoms with Crippen LogP contribution in [0.25, 0.3) is 0 Å². The molecule has 2 fully saturated rings. The second kappa shape index (κ2) is 10.8. The van der Waals surface area contributed by atoms with Crippen LogP contribution in [0.4, 0.5) is 17.5 Å². The molecule has 0 atom stereocenters. The van der Waals surface area contributed by atoms with E-state index in [2.05, 4.69) is 50.9 Å². The lowest BCUT2D eigenvalue weighted by atomic mass is 9.88.